The van der Waals surface area contributed by atoms with E-state index in [2.05, 4.69) is 52.1 Å². The standard InChI is InChI=1S/C24H25ClN6O2.C23H23ClN6O2.C22H21ClN6O2/c1-30-22(20(15-27-30)24(33)28-19-11-9-18(25)10-12-19)29-23(32)17-7-5-16(6-8-17)21(26)31-13-3-2-4-14-31;1-29-21(19(14-26-29)23(32)27-18-10-8-17(24)9-11-18)28-22(31)16-6-4-15(5-7-16)20(25)30-12-2-3-13-30;1-28-20(18(13-25-28)22(31)26-17-9-7-16(23)8-10-17)27-21(30)15-5-3-14(4-6-15)19(24)29-11-2-12-29/h5-12,15,26H,2-4,13-14H2,1H3,(H,28,33)(H,29,32);4-11,14,25H,2-3,12-13H2,1H3,(H,27,32)(H,28,31);3-10,13,24H,2,11-12H2,1H3,(H,26,31)(H,27,30). The fraction of sp³-hybridized carbons (Fsp3) is 0.217. The molecule has 3 aliphatic heterocycles. The first kappa shape index (κ1) is 67.9. The van der Waals surface area contributed by atoms with Gasteiger partial charge in [0, 0.05) is 126 Å². The van der Waals surface area contributed by atoms with Gasteiger partial charge in [-0.15, -0.1) is 0 Å². The quantitative estimate of drug-likeness (QED) is 0.0342. The van der Waals surface area contributed by atoms with E-state index in [-0.39, 0.29) is 51.9 Å². The molecule has 3 saturated heterocycles. The number of carbonyl (C=O) groups excluding carboxylic acids is 6. The van der Waals surface area contributed by atoms with Crippen LogP contribution in [0.25, 0.3) is 0 Å². The summed E-state index contributed by atoms with van der Waals surface area (Å²) in [7, 11) is 4.94. The summed E-state index contributed by atoms with van der Waals surface area (Å²) in [4.78, 5) is 82.7. The van der Waals surface area contributed by atoms with E-state index in [4.69, 9.17) is 51.0 Å². The highest BCUT2D eigenvalue weighted by Gasteiger charge is 2.25. The van der Waals surface area contributed by atoms with E-state index in [1.807, 2.05) is 9.80 Å². The minimum absolute atomic E-state index is 0.238. The molecule has 0 bridgehead atoms. The van der Waals surface area contributed by atoms with Crippen LogP contribution in [0.2, 0.25) is 15.1 Å². The van der Waals surface area contributed by atoms with Crippen molar-refractivity contribution < 1.29 is 28.8 Å². The number of aryl methyl sites for hydroxylation is 3. The zero-order chi connectivity index (χ0) is 68.0. The molecule has 27 heteroatoms. The highest BCUT2D eigenvalue weighted by Crippen LogP contribution is 2.25. The van der Waals surface area contributed by atoms with E-state index in [9.17, 15) is 28.8 Å². The zero-order valence-corrected chi connectivity index (χ0v) is 54.9. The van der Waals surface area contributed by atoms with Crippen LogP contribution in [0.1, 0.15) is 117 Å². The Kier molecular flexibility index (Phi) is 22.2. The number of aromatic nitrogens is 6. The van der Waals surface area contributed by atoms with Gasteiger partial charge in [0.2, 0.25) is 0 Å². The Morgan fingerprint density at radius 2 is 0.542 bits per heavy atom. The average Bonchev–Trinajstić information content (AvgIpc) is 1.75. The summed E-state index contributed by atoms with van der Waals surface area (Å²) in [5.74, 6) is -0.0153. The molecule has 9 N–H and O–H groups in total. The number of anilines is 6. The third-order valence-electron chi connectivity index (χ3n) is 16.1. The fourth-order valence-electron chi connectivity index (χ4n) is 10.5. The van der Waals surface area contributed by atoms with Gasteiger partial charge in [-0.05, 0) is 148 Å². The molecule has 0 unspecified atom stereocenters. The lowest BCUT2D eigenvalue weighted by atomic mass is 10.1. The summed E-state index contributed by atoms with van der Waals surface area (Å²) in [5, 5.41) is 55.6. The summed E-state index contributed by atoms with van der Waals surface area (Å²) in [5.41, 5.74) is 6.04. The van der Waals surface area contributed by atoms with Crippen LogP contribution in [0.5, 0.6) is 0 Å². The van der Waals surface area contributed by atoms with E-state index < -0.39 is 17.7 Å². The Balaban J connectivity index is 0.000000157. The highest BCUT2D eigenvalue weighted by molar-refractivity contribution is 6.31. The second-order valence-electron chi connectivity index (χ2n) is 22.7. The van der Waals surface area contributed by atoms with Gasteiger partial charge in [-0.1, -0.05) is 71.2 Å². The van der Waals surface area contributed by atoms with Gasteiger partial charge in [0.25, 0.3) is 35.4 Å². The summed E-state index contributed by atoms with van der Waals surface area (Å²) >= 11 is 17.6. The number of rotatable bonds is 15. The van der Waals surface area contributed by atoms with Crippen LogP contribution in [-0.4, -0.2) is 136 Å². The molecule has 3 fully saturated rings. The number of hydrogen-bond donors (Lipinski definition) is 9. The topological polar surface area (TPSA) is 309 Å². The molecule has 3 aromatic heterocycles. The van der Waals surface area contributed by atoms with Crippen molar-refractivity contribution in [3.8, 4) is 0 Å². The number of nitrogens with zero attached hydrogens (tertiary/aromatic N) is 9. The summed E-state index contributed by atoms with van der Waals surface area (Å²) in [6.07, 6.45) is 10.9. The largest absolute Gasteiger partial charge is 0.357 e. The molecule has 0 saturated carbocycles. The Morgan fingerprint density at radius 3 is 0.781 bits per heavy atom. The maximum Gasteiger partial charge on any atom is 0.261 e. The lowest BCUT2D eigenvalue weighted by Crippen LogP contribution is -2.42. The molecule has 24 nitrogen and oxygen atoms in total. The Morgan fingerprint density at radius 1 is 0.312 bits per heavy atom. The zero-order valence-electron chi connectivity index (χ0n) is 52.7. The number of nitrogens with one attached hydrogen (secondary N) is 9. The highest BCUT2D eigenvalue weighted by atomic mass is 35.5. The second-order valence-corrected chi connectivity index (χ2v) is 24.0. The molecule has 0 spiro atoms. The van der Waals surface area contributed by atoms with Gasteiger partial charge >= 0.3 is 0 Å². The number of piperidine rings is 1. The summed E-state index contributed by atoms with van der Waals surface area (Å²) in [6, 6.07) is 40.9. The molecular weight excluding hydrogens is 1280 g/mol. The van der Waals surface area contributed by atoms with Crippen molar-refractivity contribution in [3.05, 3.63) is 229 Å². The van der Waals surface area contributed by atoms with Crippen LogP contribution < -0.4 is 31.9 Å². The molecule has 492 valence electrons. The van der Waals surface area contributed by atoms with Crippen LogP contribution in [0, 0.1) is 16.2 Å². The number of likely N-dealkylation sites (tertiary alicyclic amines) is 3. The minimum atomic E-state index is -0.399. The second kappa shape index (κ2) is 31.3. The van der Waals surface area contributed by atoms with Gasteiger partial charge in [0.05, 0.1) is 18.6 Å². The van der Waals surface area contributed by atoms with Gasteiger partial charge in [-0.2, -0.15) is 15.3 Å². The minimum Gasteiger partial charge on any atom is -0.357 e. The number of halogens is 3. The Labute approximate surface area is 568 Å². The van der Waals surface area contributed by atoms with Crippen molar-refractivity contribution in [2.24, 2.45) is 21.1 Å². The molecule has 6 heterocycles. The molecule has 3 aliphatic rings. The van der Waals surface area contributed by atoms with Crippen LogP contribution in [0.3, 0.4) is 0 Å². The first-order chi connectivity index (χ1) is 46.3. The smallest absolute Gasteiger partial charge is 0.261 e. The fourth-order valence-corrected chi connectivity index (χ4v) is 10.9. The van der Waals surface area contributed by atoms with E-state index in [1.54, 1.807) is 167 Å². The molecule has 6 amide bonds. The predicted molar refractivity (Wildman–Crippen MR) is 374 cm³/mol. The van der Waals surface area contributed by atoms with E-state index in [1.165, 1.54) is 39.1 Å². The van der Waals surface area contributed by atoms with Crippen LogP contribution in [-0.2, 0) is 21.1 Å². The molecule has 96 heavy (non-hydrogen) atoms. The number of hydrogen-bond acceptors (Lipinski definition) is 12. The van der Waals surface area contributed by atoms with E-state index in [0.29, 0.717) is 66.3 Å². The lowest BCUT2D eigenvalue weighted by Gasteiger charge is -2.33. The van der Waals surface area contributed by atoms with Gasteiger partial charge in [-0.3, -0.25) is 59.0 Å². The van der Waals surface area contributed by atoms with Crippen LogP contribution >= 0.6 is 34.8 Å². The number of amidine groups is 3. The molecule has 0 atom stereocenters. The van der Waals surface area contributed by atoms with Crippen molar-refractivity contribution in [2.45, 2.75) is 38.5 Å². The maximum atomic E-state index is 12.9. The van der Waals surface area contributed by atoms with Crippen molar-refractivity contribution in [1.82, 2.24) is 44.0 Å². The van der Waals surface area contributed by atoms with Gasteiger partial charge < -0.3 is 46.6 Å². The number of amides is 6. The third-order valence-corrected chi connectivity index (χ3v) is 16.8. The lowest BCUT2D eigenvalue weighted by molar-refractivity contribution is 0.101. The Bertz CT molecular complexity index is 4330. The van der Waals surface area contributed by atoms with Crippen molar-refractivity contribution in [3.63, 3.8) is 0 Å². The average molecular weight is 1350 g/mol. The van der Waals surface area contributed by atoms with Crippen LogP contribution in [0.15, 0.2) is 164 Å². The van der Waals surface area contributed by atoms with Crippen molar-refractivity contribution in [1.29, 1.82) is 16.2 Å². The first-order valence-electron chi connectivity index (χ1n) is 30.8. The van der Waals surface area contributed by atoms with Gasteiger partial charge in [0.1, 0.15) is 51.7 Å². The number of benzene rings is 6. The van der Waals surface area contributed by atoms with Crippen molar-refractivity contribution >= 4 is 122 Å². The SMILES string of the molecule is Cn1ncc(C(=O)Nc2ccc(Cl)cc2)c1NC(=O)c1ccc(C(=N)N2CCC2)cc1.Cn1ncc(C(=O)Nc2ccc(Cl)cc2)c1NC(=O)c1ccc(C(=N)N2CCCC2)cc1.Cn1ncc(C(=O)Nc2ccc(Cl)cc2)c1NC(=O)c1ccc(C(=N)N2CCCCC2)cc1. The van der Waals surface area contributed by atoms with E-state index >= 15 is 0 Å². The molecule has 0 aliphatic carbocycles. The molecule has 9 aromatic rings. The van der Waals surface area contributed by atoms with E-state index in [0.717, 1.165) is 88.1 Å². The monoisotopic (exact) mass is 1350 g/mol. The maximum absolute atomic E-state index is 12.9. The molecule has 6 aromatic carbocycles. The number of carbonyl (C=O) groups is 6. The predicted octanol–water partition coefficient (Wildman–Crippen LogP) is 12.0. The Hall–Kier alpha value is -11.0. The normalized spacial score (nSPS) is 13.1. The van der Waals surface area contributed by atoms with Gasteiger partial charge in [0.15, 0.2) is 0 Å². The first-order valence-corrected chi connectivity index (χ1v) is 31.9. The van der Waals surface area contributed by atoms with Crippen LogP contribution in [0.4, 0.5) is 34.5 Å². The summed E-state index contributed by atoms with van der Waals surface area (Å²) < 4.78 is 4.31. The van der Waals surface area contributed by atoms with Gasteiger partial charge in [-0.25, -0.2) is 0 Å². The summed E-state index contributed by atoms with van der Waals surface area (Å²) in [6.45, 7) is 5.35. The molecule has 12 rings (SSSR count). The van der Waals surface area contributed by atoms with Crippen molar-refractivity contribution in [2.75, 3.05) is 71.2 Å². The third kappa shape index (κ3) is 17.1. The molecular formula is C69H69Cl3N18O6. The molecule has 0 radical (unpaired) electrons.